The first-order valence-electron chi connectivity index (χ1n) is 5.92. The zero-order chi connectivity index (χ0) is 14.4. The van der Waals surface area contributed by atoms with Crippen molar-refractivity contribution in [2.24, 2.45) is 5.10 Å². The summed E-state index contributed by atoms with van der Waals surface area (Å²) in [6, 6.07) is 14.5. The zero-order valence-corrected chi connectivity index (χ0v) is 12.4. The van der Waals surface area contributed by atoms with Crippen LogP contribution in [0.4, 0.5) is 0 Å². The Kier molecular flexibility index (Phi) is 4.90. The molecule has 2 rings (SSSR count). The number of carbonyl (C=O) groups excluding carboxylic acids is 1. The van der Waals surface area contributed by atoms with Gasteiger partial charge in [-0.3, -0.25) is 4.79 Å². The van der Waals surface area contributed by atoms with Crippen molar-refractivity contribution in [2.75, 3.05) is 7.11 Å². The van der Waals surface area contributed by atoms with Crippen molar-refractivity contribution in [3.8, 4) is 5.75 Å². The van der Waals surface area contributed by atoms with Crippen LogP contribution >= 0.6 is 15.9 Å². The first-order chi connectivity index (χ1) is 9.70. The summed E-state index contributed by atoms with van der Waals surface area (Å²) in [7, 11) is 1.59. The summed E-state index contributed by atoms with van der Waals surface area (Å²) >= 11 is 3.38. The van der Waals surface area contributed by atoms with Gasteiger partial charge in [0.25, 0.3) is 5.91 Å². The fraction of sp³-hybridized carbons (Fsp3) is 0.0667. The molecule has 4 nitrogen and oxygen atoms in total. The Balaban J connectivity index is 2.07. The maximum atomic E-state index is 11.8. The van der Waals surface area contributed by atoms with Gasteiger partial charge in [0.05, 0.1) is 13.3 Å². The Bertz CT molecular complexity index is 627. The molecule has 20 heavy (non-hydrogen) atoms. The molecule has 0 radical (unpaired) electrons. The van der Waals surface area contributed by atoms with Crippen molar-refractivity contribution >= 4 is 28.1 Å². The summed E-state index contributed by atoms with van der Waals surface area (Å²) in [5, 5.41) is 3.94. The summed E-state index contributed by atoms with van der Waals surface area (Å²) in [4.78, 5) is 11.8. The number of halogens is 1. The Morgan fingerprint density at radius 2 is 2.00 bits per heavy atom. The zero-order valence-electron chi connectivity index (χ0n) is 10.8. The van der Waals surface area contributed by atoms with E-state index in [4.69, 9.17) is 4.74 Å². The SMILES string of the molecule is COc1ccc(Br)cc1C=NNC(=O)c1ccccc1. The number of hydrazone groups is 1. The number of amides is 1. The first-order valence-corrected chi connectivity index (χ1v) is 6.72. The minimum absolute atomic E-state index is 0.254. The standard InChI is InChI=1S/C15H13BrN2O2/c1-20-14-8-7-13(16)9-12(14)10-17-18-15(19)11-5-3-2-4-6-11/h2-10H,1H3,(H,18,19). The average Bonchev–Trinajstić information content (AvgIpc) is 2.48. The second-order valence-electron chi connectivity index (χ2n) is 3.95. The molecule has 0 aliphatic carbocycles. The molecule has 1 N–H and O–H groups in total. The van der Waals surface area contributed by atoms with Crippen LogP contribution in [0.3, 0.4) is 0 Å². The van der Waals surface area contributed by atoms with E-state index >= 15 is 0 Å². The van der Waals surface area contributed by atoms with Gasteiger partial charge in [0.2, 0.25) is 0 Å². The molecule has 0 unspecified atom stereocenters. The number of hydrogen-bond acceptors (Lipinski definition) is 3. The molecule has 0 spiro atoms. The third-order valence-corrected chi connectivity index (χ3v) is 3.09. The topological polar surface area (TPSA) is 50.7 Å². The summed E-state index contributed by atoms with van der Waals surface area (Å²) in [6.07, 6.45) is 1.55. The van der Waals surface area contributed by atoms with E-state index in [1.807, 2.05) is 24.3 Å². The molecule has 102 valence electrons. The predicted molar refractivity (Wildman–Crippen MR) is 82.2 cm³/mol. The fourth-order valence-corrected chi connectivity index (χ4v) is 2.00. The number of methoxy groups -OCH3 is 1. The lowest BCUT2D eigenvalue weighted by atomic mass is 10.2. The minimum Gasteiger partial charge on any atom is -0.496 e. The van der Waals surface area contributed by atoms with Gasteiger partial charge in [-0.05, 0) is 30.3 Å². The van der Waals surface area contributed by atoms with Gasteiger partial charge in [-0.15, -0.1) is 0 Å². The number of nitrogens with zero attached hydrogens (tertiary/aromatic N) is 1. The molecule has 5 heteroatoms. The number of ether oxygens (including phenoxy) is 1. The second-order valence-corrected chi connectivity index (χ2v) is 4.87. The predicted octanol–water partition coefficient (Wildman–Crippen LogP) is 3.22. The van der Waals surface area contributed by atoms with E-state index < -0.39 is 0 Å². The molecule has 2 aromatic carbocycles. The van der Waals surface area contributed by atoms with Crippen LogP contribution in [0.1, 0.15) is 15.9 Å². The maximum absolute atomic E-state index is 11.8. The lowest BCUT2D eigenvalue weighted by Crippen LogP contribution is -2.17. The molecule has 0 aromatic heterocycles. The quantitative estimate of drug-likeness (QED) is 0.690. The summed E-state index contributed by atoms with van der Waals surface area (Å²) < 4.78 is 6.13. The third-order valence-electron chi connectivity index (χ3n) is 2.60. The molecule has 0 aliphatic rings. The van der Waals surface area contributed by atoms with E-state index in [9.17, 15) is 4.79 Å². The van der Waals surface area contributed by atoms with Crippen molar-refractivity contribution in [3.05, 3.63) is 64.1 Å². The summed E-state index contributed by atoms with van der Waals surface area (Å²) in [6.45, 7) is 0. The minimum atomic E-state index is -0.254. The monoisotopic (exact) mass is 332 g/mol. The molecule has 0 saturated carbocycles. The van der Waals surface area contributed by atoms with E-state index in [0.717, 1.165) is 10.0 Å². The highest BCUT2D eigenvalue weighted by molar-refractivity contribution is 9.10. The van der Waals surface area contributed by atoms with Crippen LogP contribution in [-0.2, 0) is 0 Å². The molecule has 0 atom stereocenters. The van der Waals surface area contributed by atoms with Crippen molar-refractivity contribution in [1.29, 1.82) is 0 Å². The first kappa shape index (κ1) is 14.3. The fourth-order valence-electron chi connectivity index (χ4n) is 1.62. The maximum Gasteiger partial charge on any atom is 0.271 e. The van der Waals surface area contributed by atoms with Crippen LogP contribution < -0.4 is 10.2 Å². The molecule has 0 bridgehead atoms. The highest BCUT2D eigenvalue weighted by Crippen LogP contribution is 2.21. The lowest BCUT2D eigenvalue weighted by molar-refractivity contribution is 0.0955. The molecule has 0 saturated heterocycles. The van der Waals surface area contributed by atoms with E-state index in [0.29, 0.717) is 11.3 Å². The largest absolute Gasteiger partial charge is 0.496 e. The normalized spacial score (nSPS) is 10.5. The molecule has 0 fully saturated rings. The third kappa shape index (κ3) is 3.68. The number of hydrogen-bond donors (Lipinski definition) is 1. The van der Waals surface area contributed by atoms with Crippen LogP contribution in [0, 0.1) is 0 Å². The Morgan fingerprint density at radius 3 is 2.70 bits per heavy atom. The van der Waals surface area contributed by atoms with Crippen LogP contribution in [0.25, 0.3) is 0 Å². The van der Waals surface area contributed by atoms with Crippen molar-refractivity contribution in [2.45, 2.75) is 0 Å². The van der Waals surface area contributed by atoms with Crippen LogP contribution in [0.2, 0.25) is 0 Å². The van der Waals surface area contributed by atoms with Gasteiger partial charge in [-0.1, -0.05) is 34.1 Å². The van der Waals surface area contributed by atoms with Gasteiger partial charge in [-0.2, -0.15) is 5.10 Å². The van der Waals surface area contributed by atoms with Gasteiger partial charge in [0.1, 0.15) is 5.75 Å². The van der Waals surface area contributed by atoms with Crippen LogP contribution in [0.15, 0.2) is 58.1 Å². The van der Waals surface area contributed by atoms with E-state index in [1.165, 1.54) is 0 Å². The molecule has 0 aliphatic heterocycles. The molecule has 1 amide bonds. The number of rotatable bonds is 4. The van der Waals surface area contributed by atoms with E-state index in [-0.39, 0.29) is 5.91 Å². The summed E-state index contributed by atoms with van der Waals surface area (Å²) in [5.74, 6) is 0.432. The van der Waals surface area contributed by atoms with E-state index in [1.54, 1.807) is 37.6 Å². The Labute approximate surface area is 125 Å². The van der Waals surface area contributed by atoms with Crippen molar-refractivity contribution in [1.82, 2.24) is 5.43 Å². The second kappa shape index (κ2) is 6.86. The van der Waals surface area contributed by atoms with Gasteiger partial charge in [0.15, 0.2) is 0 Å². The van der Waals surface area contributed by atoms with Gasteiger partial charge < -0.3 is 4.74 Å². The Hall–Kier alpha value is -2.14. The molecule has 0 heterocycles. The number of benzene rings is 2. The van der Waals surface area contributed by atoms with Gasteiger partial charge in [-0.25, -0.2) is 5.43 Å². The van der Waals surface area contributed by atoms with Crippen molar-refractivity contribution in [3.63, 3.8) is 0 Å². The molecular formula is C15H13BrN2O2. The highest BCUT2D eigenvalue weighted by Gasteiger charge is 2.03. The van der Waals surface area contributed by atoms with Gasteiger partial charge >= 0.3 is 0 Å². The van der Waals surface area contributed by atoms with Gasteiger partial charge in [0, 0.05) is 15.6 Å². The molecule has 2 aromatic rings. The highest BCUT2D eigenvalue weighted by atomic mass is 79.9. The molecular weight excluding hydrogens is 320 g/mol. The number of nitrogens with one attached hydrogen (secondary N) is 1. The average molecular weight is 333 g/mol. The Morgan fingerprint density at radius 1 is 1.25 bits per heavy atom. The summed E-state index contributed by atoms with van der Waals surface area (Å²) in [5.41, 5.74) is 3.81. The van der Waals surface area contributed by atoms with Crippen molar-refractivity contribution < 1.29 is 9.53 Å². The van der Waals surface area contributed by atoms with E-state index in [2.05, 4.69) is 26.5 Å². The number of carbonyl (C=O) groups is 1. The van der Waals surface area contributed by atoms with Crippen LogP contribution in [0.5, 0.6) is 5.75 Å². The smallest absolute Gasteiger partial charge is 0.271 e. The van der Waals surface area contributed by atoms with Crippen LogP contribution in [-0.4, -0.2) is 19.2 Å². The lowest BCUT2D eigenvalue weighted by Gasteiger charge is -2.04.